The number of urea groups is 1. The molecule has 13 heteroatoms. The number of aliphatic hydroxyl groups excluding tert-OH is 1. The van der Waals surface area contributed by atoms with Crippen LogP contribution in [0.3, 0.4) is 0 Å². The van der Waals surface area contributed by atoms with E-state index in [2.05, 4.69) is 30.9 Å². The molecular formula is C27H39N9O4. The monoisotopic (exact) mass is 553 g/mol. The van der Waals surface area contributed by atoms with Gasteiger partial charge in [0.25, 0.3) is 11.5 Å². The third-order valence-electron chi connectivity index (χ3n) is 7.81. The molecule has 0 radical (unpaired) electrons. The van der Waals surface area contributed by atoms with Crippen LogP contribution in [0.4, 0.5) is 16.4 Å². The number of carbonyl (C=O) groups is 2. The van der Waals surface area contributed by atoms with Gasteiger partial charge in [-0.2, -0.15) is 0 Å². The number of imidazole rings is 1. The normalized spacial score (nSPS) is 17.9. The zero-order valence-corrected chi connectivity index (χ0v) is 23.2. The van der Waals surface area contributed by atoms with Crippen LogP contribution in [-0.2, 0) is 13.0 Å². The third kappa shape index (κ3) is 5.55. The van der Waals surface area contributed by atoms with Gasteiger partial charge in [0.2, 0.25) is 0 Å². The first kappa shape index (κ1) is 27.7. The van der Waals surface area contributed by atoms with Gasteiger partial charge in [0.1, 0.15) is 11.4 Å². The Labute approximate surface area is 232 Å². The van der Waals surface area contributed by atoms with Crippen LogP contribution in [0.1, 0.15) is 74.5 Å². The van der Waals surface area contributed by atoms with Crippen LogP contribution >= 0.6 is 0 Å². The van der Waals surface area contributed by atoms with Crippen molar-refractivity contribution in [1.82, 2.24) is 34.6 Å². The number of anilines is 2. The van der Waals surface area contributed by atoms with E-state index < -0.39 is 0 Å². The number of rotatable bonds is 9. The number of nitrogens with zero attached hydrogens (tertiary/aromatic N) is 6. The molecule has 5 rings (SSSR count). The second-order valence-corrected chi connectivity index (χ2v) is 10.5. The van der Waals surface area contributed by atoms with Crippen molar-refractivity contribution in [2.24, 2.45) is 0 Å². The molecule has 2 fully saturated rings. The quantitative estimate of drug-likeness (QED) is 0.316. The molecule has 0 unspecified atom stereocenters. The predicted octanol–water partition coefficient (Wildman–Crippen LogP) is 1.90. The van der Waals surface area contributed by atoms with Crippen molar-refractivity contribution in [3.63, 3.8) is 0 Å². The highest BCUT2D eigenvalue weighted by atomic mass is 16.3. The Bertz CT molecular complexity index is 1420. The fourth-order valence-corrected chi connectivity index (χ4v) is 5.99. The molecule has 0 spiro atoms. The Morgan fingerprint density at radius 2 is 1.93 bits per heavy atom. The van der Waals surface area contributed by atoms with Crippen LogP contribution in [0.5, 0.6) is 0 Å². The lowest BCUT2D eigenvalue weighted by molar-refractivity contribution is 0.0938. The Hall–Kier alpha value is -3.87. The van der Waals surface area contributed by atoms with Crippen molar-refractivity contribution >= 4 is 29.2 Å². The van der Waals surface area contributed by atoms with Crippen molar-refractivity contribution in [3.05, 3.63) is 39.9 Å². The smallest absolute Gasteiger partial charge is 0.320 e. The maximum absolute atomic E-state index is 13.6. The Kier molecular flexibility index (Phi) is 8.38. The first-order chi connectivity index (χ1) is 19.4. The third-order valence-corrected chi connectivity index (χ3v) is 7.81. The summed E-state index contributed by atoms with van der Waals surface area (Å²) in [5, 5.41) is 22.8. The van der Waals surface area contributed by atoms with E-state index in [1.54, 1.807) is 15.4 Å². The molecule has 3 aromatic rings. The molecule has 3 amide bonds. The molecule has 1 aliphatic carbocycles. The molecule has 216 valence electrons. The van der Waals surface area contributed by atoms with Gasteiger partial charge in [-0.1, -0.05) is 26.2 Å². The number of nitrogens with one attached hydrogen (secondary N) is 3. The maximum atomic E-state index is 13.6. The van der Waals surface area contributed by atoms with Gasteiger partial charge in [0.15, 0.2) is 11.5 Å². The molecule has 0 aromatic carbocycles. The van der Waals surface area contributed by atoms with Gasteiger partial charge in [-0.25, -0.2) is 19.0 Å². The number of aromatic nitrogens is 5. The van der Waals surface area contributed by atoms with Crippen LogP contribution in [0.2, 0.25) is 0 Å². The van der Waals surface area contributed by atoms with Gasteiger partial charge in [-0.3, -0.25) is 19.6 Å². The van der Waals surface area contributed by atoms with Crippen LogP contribution in [-0.4, -0.2) is 73.3 Å². The number of aliphatic hydroxyl groups is 1. The molecule has 1 saturated heterocycles. The van der Waals surface area contributed by atoms with Crippen molar-refractivity contribution in [2.75, 3.05) is 36.5 Å². The first-order valence-corrected chi connectivity index (χ1v) is 14.4. The fourth-order valence-electron chi connectivity index (χ4n) is 5.99. The summed E-state index contributed by atoms with van der Waals surface area (Å²) in [7, 11) is 0. The minimum atomic E-state index is -0.353. The molecule has 2 aliphatic rings. The second kappa shape index (κ2) is 12.1. The van der Waals surface area contributed by atoms with Crippen LogP contribution < -0.4 is 26.4 Å². The van der Waals surface area contributed by atoms with E-state index in [9.17, 15) is 19.5 Å². The van der Waals surface area contributed by atoms with Crippen LogP contribution in [0.15, 0.2) is 23.1 Å². The molecule has 4 N–H and O–H groups in total. The fraction of sp³-hybridized carbons (Fsp3) is 0.593. The highest BCUT2D eigenvalue weighted by Gasteiger charge is 2.31. The molecular weight excluding hydrogens is 514 g/mol. The van der Waals surface area contributed by atoms with E-state index in [1.165, 1.54) is 0 Å². The molecule has 1 saturated carbocycles. The lowest BCUT2D eigenvalue weighted by atomic mass is 9.96. The molecule has 40 heavy (non-hydrogen) atoms. The van der Waals surface area contributed by atoms with Gasteiger partial charge in [0, 0.05) is 25.7 Å². The van der Waals surface area contributed by atoms with Gasteiger partial charge in [-0.15, -0.1) is 5.10 Å². The molecule has 3 aromatic heterocycles. The summed E-state index contributed by atoms with van der Waals surface area (Å²) in [5.41, 5.74) is 1.23. The van der Waals surface area contributed by atoms with Crippen molar-refractivity contribution in [1.29, 1.82) is 0 Å². The van der Waals surface area contributed by atoms with Crippen molar-refractivity contribution < 1.29 is 14.7 Å². The highest BCUT2D eigenvalue weighted by Crippen LogP contribution is 2.28. The largest absolute Gasteiger partial charge is 0.394 e. The van der Waals surface area contributed by atoms with Gasteiger partial charge in [-0.05, 0) is 44.7 Å². The highest BCUT2D eigenvalue weighted by molar-refractivity contribution is 5.95. The average Bonchev–Trinajstić information content (AvgIpc) is 3.64. The molecule has 0 bridgehead atoms. The number of hydrogen-bond acceptors (Lipinski definition) is 7. The van der Waals surface area contributed by atoms with E-state index >= 15 is 0 Å². The zero-order valence-electron chi connectivity index (χ0n) is 23.2. The summed E-state index contributed by atoms with van der Waals surface area (Å²) < 4.78 is 5.20. The number of carbonyl (C=O) groups excluding carboxylic acids is 2. The average molecular weight is 554 g/mol. The summed E-state index contributed by atoms with van der Waals surface area (Å²) in [6.07, 6.45) is 8.01. The van der Waals surface area contributed by atoms with E-state index in [-0.39, 0.29) is 41.8 Å². The number of amides is 3. The van der Waals surface area contributed by atoms with E-state index in [0.717, 1.165) is 44.3 Å². The Morgan fingerprint density at radius 1 is 1.12 bits per heavy atom. The topological polar surface area (TPSA) is 151 Å². The number of fused-ring (bicyclic) bond motifs is 1. The van der Waals surface area contributed by atoms with Crippen LogP contribution in [0.25, 0.3) is 5.65 Å². The second-order valence-electron chi connectivity index (χ2n) is 10.5. The predicted molar refractivity (Wildman–Crippen MR) is 151 cm³/mol. The number of hydrogen-bond donors (Lipinski definition) is 4. The summed E-state index contributed by atoms with van der Waals surface area (Å²) >= 11 is 0. The molecule has 1 aliphatic heterocycles. The molecule has 4 heterocycles. The molecule has 1 atom stereocenters. The van der Waals surface area contributed by atoms with Gasteiger partial charge >= 0.3 is 6.03 Å². The zero-order chi connectivity index (χ0) is 28.2. The Morgan fingerprint density at radius 3 is 2.65 bits per heavy atom. The lowest BCUT2D eigenvalue weighted by Crippen LogP contribution is -2.40. The summed E-state index contributed by atoms with van der Waals surface area (Å²) in [6, 6.07) is 3.30. The summed E-state index contributed by atoms with van der Waals surface area (Å²) in [4.78, 5) is 45.4. The lowest BCUT2D eigenvalue weighted by Gasteiger charge is -2.26. The standard InChI is InChI=1S/C27H39N9O4/c1-3-20-24(26(39)36(35(20)14-15-37)19-8-6-5-7-9-19)25(38)29-18-12-13-33(16-18)23-11-10-22-30-21(17-34(22)32-23)31-27(40)28-4-2/h10-11,17-19,37H,3-9,12-16H2,1-2H3,(H,29,38)(H2,28,31,40)/t18-/m1/s1. The minimum absolute atomic E-state index is 0.0579. The maximum Gasteiger partial charge on any atom is 0.320 e. The summed E-state index contributed by atoms with van der Waals surface area (Å²) in [6.45, 7) is 5.74. The first-order valence-electron chi connectivity index (χ1n) is 14.4. The van der Waals surface area contributed by atoms with Crippen molar-refractivity contribution in [2.45, 2.75) is 77.4 Å². The van der Waals surface area contributed by atoms with E-state index in [1.807, 2.05) is 30.7 Å². The minimum Gasteiger partial charge on any atom is -0.394 e. The Balaban J connectivity index is 1.30. The van der Waals surface area contributed by atoms with Crippen molar-refractivity contribution in [3.8, 4) is 0 Å². The van der Waals surface area contributed by atoms with Crippen LogP contribution in [0, 0.1) is 0 Å². The van der Waals surface area contributed by atoms with Gasteiger partial charge < -0.3 is 20.6 Å². The van der Waals surface area contributed by atoms with E-state index in [4.69, 9.17) is 0 Å². The van der Waals surface area contributed by atoms with E-state index in [0.29, 0.717) is 49.8 Å². The van der Waals surface area contributed by atoms with Gasteiger partial charge in [0.05, 0.1) is 31.1 Å². The summed E-state index contributed by atoms with van der Waals surface area (Å²) in [5.74, 6) is 0.782. The SMILES string of the molecule is CCNC(=O)Nc1cn2nc(N3CC[C@@H](NC(=O)c4c(CC)n(CCO)n(C5CCCCC5)c4=O)C3)ccc2n1. The molecule has 13 nitrogen and oxygen atoms in total.